The summed E-state index contributed by atoms with van der Waals surface area (Å²) in [5.41, 5.74) is 2.04. The van der Waals surface area contributed by atoms with Crippen LogP contribution in [-0.2, 0) is 9.59 Å². The standard InChI is InChI=1S/C25H21FN2O4/c26-19-11-7-17(8-12-19)25(31)18-9-13-20(14-10-18)32-16-23(29)27-21-4-1-2-5-22(21)28-15-3-6-24(28)30/h1-2,4-5,7-14H,3,6,15-16H2,(H,27,29). The van der Waals surface area contributed by atoms with Gasteiger partial charge in [-0.1, -0.05) is 12.1 Å². The first kappa shape index (κ1) is 21.2. The molecule has 0 spiro atoms. The van der Waals surface area contributed by atoms with E-state index < -0.39 is 5.82 Å². The molecule has 0 aliphatic carbocycles. The largest absolute Gasteiger partial charge is 0.484 e. The van der Waals surface area contributed by atoms with Crippen molar-refractivity contribution in [1.82, 2.24) is 0 Å². The van der Waals surface area contributed by atoms with E-state index in [1.807, 2.05) is 6.07 Å². The Labute approximate surface area is 184 Å². The number of amides is 2. The number of anilines is 2. The lowest BCUT2D eigenvalue weighted by atomic mass is 10.0. The van der Waals surface area contributed by atoms with Crippen LogP contribution >= 0.6 is 0 Å². The predicted molar refractivity (Wildman–Crippen MR) is 118 cm³/mol. The highest BCUT2D eigenvalue weighted by molar-refractivity contribution is 6.09. The lowest BCUT2D eigenvalue weighted by Crippen LogP contribution is -2.26. The number of benzene rings is 3. The highest BCUT2D eigenvalue weighted by Crippen LogP contribution is 2.29. The second-order valence-electron chi connectivity index (χ2n) is 7.36. The van der Waals surface area contributed by atoms with Crippen molar-refractivity contribution in [2.45, 2.75) is 12.8 Å². The first-order valence-electron chi connectivity index (χ1n) is 10.2. The van der Waals surface area contributed by atoms with E-state index in [2.05, 4.69) is 5.32 Å². The molecule has 3 aromatic carbocycles. The van der Waals surface area contributed by atoms with E-state index in [0.717, 1.165) is 6.42 Å². The third-order valence-corrected chi connectivity index (χ3v) is 5.14. The molecule has 7 heteroatoms. The van der Waals surface area contributed by atoms with Gasteiger partial charge in [0.05, 0.1) is 11.4 Å². The van der Waals surface area contributed by atoms with Gasteiger partial charge in [0, 0.05) is 24.1 Å². The lowest BCUT2D eigenvalue weighted by molar-refractivity contribution is -0.118. The van der Waals surface area contributed by atoms with Crippen molar-refractivity contribution in [3.63, 3.8) is 0 Å². The van der Waals surface area contributed by atoms with E-state index in [9.17, 15) is 18.8 Å². The van der Waals surface area contributed by atoms with Gasteiger partial charge in [-0.2, -0.15) is 0 Å². The van der Waals surface area contributed by atoms with Crippen molar-refractivity contribution in [3.8, 4) is 5.75 Å². The number of nitrogens with zero attached hydrogens (tertiary/aromatic N) is 1. The fourth-order valence-corrected chi connectivity index (χ4v) is 3.52. The molecule has 3 aromatic rings. The molecule has 0 radical (unpaired) electrons. The minimum absolute atomic E-state index is 0.0400. The molecule has 4 rings (SSSR count). The van der Waals surface area contributed by atoms with Crippen LogP contribution < -0.4 is 15.0 Å². The summed E-state index contributed by atoms with van der Waals surface area (Å²) in [6, 6.07) is 18.9. The Morgan fingerprint density at radius 1 is 0.938 bits per heavy atom. The summed E-state index contributed by atoms with van der Waals surface area (Å²) < 4.78 is 18.6. The monoisotopic (exact) mass is 432 g/mol. The van der Waals surface area contributed by atoms with Crippen LogP contribution in [0.1, 0.15) is 28.8 Å². The topological polar surface area (TPSA) is 75.7 Å². The predicted octanol–water partition coefficient (Wildman–Crippen LogP) is 4.20. The summed E-state index contributed by atoms with van der Waals surface area (Å²) in [5.74, 6) is -0.534. The number of halogens is 1. The summed E-state index contributed by atoms with van der Waals surface area (Å²) in [7, 11) is 0. The van der Waals surface area contributed by atoms with Crippen LogP contribution in [0.2, 0.25) is 0 Å². The quantitative estimate of drug-likeness (QED) is 0.568. The van der Waals surface area contributed by atoms with Crippen molar-refractivity contribution in [2.24, 2.45) is 0 Å². The van der Waals surface area contributed by atoms with Gasteiger partial charge in [0.15, 0.2) is 12.4 Å². The van der Waals surface area contributed by atoms with Gasteiger partial charge in [0.1, 0.15) is 11.6 Å². The van der Waals surface area contributed by atoms with E-state index in [4.69, 9.17) is 4.74 Å². The number of ether oxygens (including phenoxy) is 1. The van der Waals surface area contributed by atoms with Crippen molar-refractivity contribution < 1.29 is 23.5 Å². The molecule has 1 aliphatic rings. The third kappa shape index (κ3) is 4.83. The minimum atomic E-state index is -0.404. The van der Waals surface area contributed by atoms with E-state index in [-0.39, 0.29) is 24.2 Å². The maximum Gasteiger partial charge on any atom is 0.262 e. The SMILES string of the molecule is O=C(COc1ccc(C(=O)c2ccc(F)cc2)cc1)Nc1ccccc1N1CCCC1=O. The second kappa shape index (κ2) is 9.43. The van der Waals surface area contributed by atoms with Gasteiger partial charge in [-0.25, -0.2) is 4.39 Å². The van der Waals surface area contributed by atoms with E-state index in [1.54, 1.807) is 47.4 Å². The number of ketones is 1. The molecule has 1 fully saturated rings. The summed E-state index contributed by atoms with van der Waals surface area (Å²) in [4.78, 5) is 38.6. The molecular weight excluding hydrogens is 411 g/mol. The Morgan fingerprint density at radius 2 is 1.59 bits per heavy atom. The zero-order valence-electron chi connectivity index (χ0n) is 17.2. The molecule has 1 heterocycles. The molecule has 32 heavy (non-hydrogen) atoms. The summed E-state index contributed by atoms with van der Waals surface area (Å²) in [6.07, 6.45) is 1.30. The van der Waals surface area contributed by atoms with Crippen LogP contribution in [0, 0.1) is 5.82 Å². The summed E-state index contributed by atoms with van der Waals surface area (Å²) >= 11 is 0. The Bertz CT molecular complexity index is 1140. The smallest absolute Gasteiger partial charge is 0.262 e. The van der Waals surface area contributed by atoms with Crippen LogP contribution in [0.15, 0.2) is 72.8 Å². The zero-order chi connectivity index (χ0) is 22.5. The molecule has 2 amide bonds. The van der Waals surface area contributed by atoms with Gasteiger partial charge >= 0.3 is 0 Å². The van der Waals surface area contributed by atoms with Gasteiger partial charge in [0.2, 0.25) is 5.91 Å². The highest BCUT2D eigenvalue weighted by atomic mass is 19.1. The van der Waals surface area contributed by atoms with E-state index >= 15 is 0 Å². The van der Waals surface area contributed by atoms with Gasteiger partial charge in [-0.3, -0.25) is 14.4 Å². The zero-order valence-corrected chi connectivity index (χ0v) is 17.2. The maximum absolute atomic E-state index is 13.0. The number of carbonyl (C=O) groups excluding carboxylic acids is 3. The Hall–Kier alpha value is -4.00. The molecule has 0 saturated carbocycles. The van der Waals surface area contributed by atoms with Crippen molar-refractivity contribution in [3.05, 3.63) is 89.7 Å². The third-order valence-electron chi connectivity index (χ3n) is 5.14. The average Bonchev–Trinajstić information content (AvgIpc) is 3.24. The molecule has 0 unspecified atom stereocenters. The van der Waals surface area contributed by atoms with Gasteiger partial charge in [-0.05, 0) is 67.1 Å². The number of nitrogens with one attached hydrogen (secondary N) is 1. The Balaban J connectivity index is 1.35. The fraction of sp³-hybridized carbons (Fsp3) is 0.160. The normalized spacial score (nSPS) is 13.2. The van der Waals surface area contributed by atoms with Crippen LogP contribution in [-0.4, -0.2) is 30.7 Å². The minimum Gasteiger partial charge on any atom is -0.484 e. The molecule has 6 nitrogen and oxygen atoms in total. The molecule has 0 aromatic heterocycles. The summed E-state index contributed by atoms with van der Waals surface area (Å²) in [6.45, 7) is 0.402. The van der Waals surface area contributed by atoms with Crippen LogP contribution in [0.25, 0.3) is 0 Å². The van der Waals surface area contributed by atoms with Crippen LogP contribution in [0.5, 0.6) is 5.75 Å². The Kier molecular flexibility index (Phi) is 6.26. The molecule has 0 atom stereocenters. The Morgan fingerprint density at radius 3 is 2.25 bits per heavy atom. The molecule has 1 aliphatic heterocycles. The van der Waals surface area contributed by atoms with Crippen molar-refractivity contribution in [1.29, 1.82) is 0 Å². The molecule has 0 bridgehead atoms. The van der Waals surface area contributed by atoms with Gasteiger partial charge in [0.25, 0.3) is 5.91 Å². The number of para-hydroxylation sites is 2. The molecule has 1 saturated heterocycles. The highest BCUT2D eigenvalue weighted by Gasteiger charge is 2.24. The van der Waals surface area contributed by atoms with E-state index in [0.29, 0.717) is 41.2 Å². The molecule has 1 N–H and O–H groups in total. The lowest BCUT2D eigenvalue weighted by Gasteiger charge is -2.20. The van der Waals surface area contributed by atoms with Gasteiger partial charge < -0.3 is 15.0 Å². The molecular formula is C25H21FN2O4. The number of hydrogen-bond donors (Lipinski definition) is 1. The second-order valence-corrected chi connectivity index (χ2v) is 7.36. The average molecular weight is 432 g/mol. The fourth-order valence-electron chi connectivity index (χ4n) is 3.52. The first-order valence-corrected chi connectivity index (χ1v) is 10.2. The van der Waals surface area contributed by atoms with Crippen LogP contribution in [0.3, 0.4) is 0 Å². The van der Waals surface area contributed by atoms with E-state index in [1.165, 1.54) is 24.3 Å². The van der Waals surface area contributed by atoms with Crippen molar-refractivity contribution in [2.75, 3.05) is 23.4 Å². The van der Waals surface area contributed by atoms with Crippen LogP contribution in [0.4, 0.5) is 15.8 Å². The van der Waals surface area contributed by atoms with Crippen molar-refractivity contribution >= 4 is 29.0 Å². The maximum atomic E-state index is 13.0. The number of hydrogen-bond acceptors (Lipinski definition) is 4. The number of rotatable bonds is 7. The summed E-state index contributed by atoms with van der Waals surface area (Å²) in [5, 5.41) is 2.79. The number of carbonyl (C=O) groups is 3. The first-order chi connectivity index (χ1) is 15.5. The van der Waals surface area contributed by atoms with Gasteiger partial charge in [-0.15, -0.1) is 0 Å². The molecule has 162 valence electrons.